The standard InChI is InChI=1S/C23H23N5O3/c1-14-3-4-15(2)28(14)12-9-19(23(30)31)27-22(29)17-5-6-18-20(13-17)26-21(25-18)16-7-10-24-11-8-16/h3-8,10-11,13,19H,9,12H2,1-2H3,(H,25,26)(H,27,29)(H,30,31). The second kappa shape index (κ2) is 8.43. The maximum absolute atomic E-state index is 12.8. The first-order chi connectivity index (χ1) is 14.9. The Bertz CT molecular complexity index is 1220. The van der Waals surface area contributed by atoms with Gasteiger partial charge in [-0.25, -0.2) is 9.78 Å². The first-order valence-electron chi connectivity index (χ1n) is 9.99. The molecule has 0 saturated carbocycles. The lowest BCUT2D eigenvalue weighted by molar-refractivity contribution is -0.139. The molecule has 31 heavy (non-hydrogen) atoms. The highest BCUT2D eigenvalue weighted by Crippen LogP contribution is 2.21. The van der Waals surface area contributed by atoms with Gasteiger partial charge in [-0.15, -0.1) is 0 Å². The van der Waals surface area contributed by atoms with Gasteiger partial charge in [-0.2, -0.15) is 0 Å². The van der Waals surface area contributed by atoms with E-state index in [1.165, 1.54) is 0 Å². The fourth-order valence-corrected chi connectivity index (χ4v) is 3.61. The molecule has 4 aromatic rings. The van der Waals surface area contributed by atoms with Crippen molar-refractivity contribution in [2.75, 3.05) is 0 Å². The maximum Gasteiger partial charge on any atom is 0.326 e. The van der Waals surface area contributed by atoms with E-state index in [4.69, 9.17) is 0 Å². The third-order valence-electron chi connectivity index (χ3n) is 5.36. The number of hydrogen-bond acceptors (Lipinski definition) is 4. The van der Waals surface area contributed by atoms with Crippen molar-refractivity contribution in [3.05, 3.63) is 71.8 Å². The number of pyridine rings is 1. The molecule has 0 fully saturated rings. The van der Waals surface area contributed by atoms with E-state index in [9.17, 15) is 14.7 Å². The summed E-state index contributed by atoms with van der Waals surface area (Å²) in [4.78, 5) is 36.2. The molecule has 4 rings (SSSR count). The lowest BCUT2D eigenvalue weighted by Crippen LogP contribution is -2.41. The number of nitrogens with zero attached hydrogens (tertiary/aromatic N) is 3. The molecule has 0 saturated heterocycles. The summed E-state index contributed by atoms with van der Waals surface area (Å²) in [6.07, 6.45) is 3.66. The number of carboxylic acids is 1. The maximum atomic E-state index is 12.8. The van der Waals surface area contributed by atoms with E-state index in [1.807, 2.05) is 42.7 Å². The molecule has 0 bridgehead atoms. The van der Waals surface area contributed by atoms with Gasteiger partial charge in [0.2, 0.25) is 0 Å². The Morgan fingerprint density at radius 2 is 1.81 bits per heavy atom. The number of amides is 1. The first kappa shape index (κ1) is 20.3. The van der Waals surface area contributed by atoms with Crippen LogP contribution in [0.3, 0.4) is 0 Å². The summed E-state index contributed by atoms with van der Waals surface area (Å²) in [5.74, 6) is -0.815. The summed E-state index contributed by atoms with van der Waals surface area (Å²) in [6.45, 7) is 4.46. The van der Waals surface area contributed by atoms with Crippen LogP contribution in [0.25, 0.3) is 22.4 Å². The number of fused-ring (bicyclic) bond motifs is 1. The zero-order chi connectivity index (χ0) is 22.0. The molecule has 0 spiro atoms. The monoisotopic (exact) mass is 417 g/mol. The van der Waals surface area contributed by atoms with Gasteiger partial charge in [-0.3, -0.25) is 9.78 Å². The van der Waals surface area contributed by atoms with E-state index in [0.29, 0.717) is 23.4 Å². The number of nitrogens with one attached hydrogen (secondary N) is 2. The Morgan fingerprint density at radius 3 is 2.48 bits per heavy atom. The zero-order valence-electron chi connectivity index (χ0n) is 17.3. The van der Waals surface area contributed by atoms with Gasteiger partial charge < -0.3 is 20.0 Å². The fraction of sp³-hybridized carbons (Fsp3) is 0.217. The molecule has 1 aromatic carbocycles. The summed E-state index contributed by atoms with van der Waals surface area (Å²) in [7, 11) is 0. The van der Waals surface area contributed by atoms with Crippen LogP contribution in [0, 0.1) is 13.8 Å². The first-order valence-corrected chi connectivity index (χ1v) is 9.99. The molecule has 158 valence electrons. The largest absolute Gasteiger partial charge is 0.480 e. The van der Waals surface area contributed by atoms with Crippen LogP contribution in [0.1, 0.15) is 28.2 Å². The highest BCUT2D eigenvalue weighted by Gasteiger charge is 2.21. The lowest BCUT2D eigenvalue weighted by Gasteiger charge is -2.16. The molecule has 1 atom stereocenters. The number of benzene rings is 1. The van der Waals surface area contributed by atoms with Gasteiger partial charge in [0.05, 0.1) is 11.0 Å². The van der Waals surface area contributed by atoms with Gasteiger partial charge in [0.25, 0.3) is 5.91 Å². The Morgan fingerprint density at radius 1 is 1.10 bits per heavy atom. The third-order valence-corrected chi connectivity index (χ3v) is 5.36. The van der Waals surface area contributed by atoms with Crippen molar-refractivity contribution in [2.45, 2.75) is 32.9 Å². The molecule has 0 radical (unpaired) electrons. The number of aromatic amines is 1. The van der Waals surface area contributed by atoms with Crippen molar-refractivity contribution >= 4 is 22.9 Å². The van der Waals surface area contributed by atoms with Crippen LogP contribution in [0.5, 0.6) is 0 Å². The number of imidazole rings is 1. The molecule has 8 nitrogen and oxygen atoms in total. The van der Waals surface area contributed by atoms with Crippen molar-refractivity contribution in [1.29, 1.82) is 0 Å². The van der Waals surface area contributed by atoms with Gasteiger partial charge in [0, 0.05) is 41.5 Å². The minimum Gasteiger partial charge on any atom is -0.480 e. The number of aryl methyl sites for hydroxylation is 2. The molecule has 3 N–H and O–H groups in total. The number of carbonyl (C=O) groups excluding carboxylic acids is 1. The van der Waals surface area contributed by atoms with Crippen LogP contribution in [-0.4, -0.2) is 42.5 Å². The Hall–Kier alpha value is -3.94. The minimum atomic E-state index is -1.06. The highest BCUT2D eigenvalue weighted by atomic mass is 16.4. The van der Waals surface area contributed by atoms with Crippen LogP contribution in [0.4, 0.5) is 0 Å². The number of aliphatic carboxylic acids is 1. The number of hydrogen-bond donors (Lipinski definition) is 3. The van der Waals surface area contributed by atoms with Crippen LogP contribution in [0.15, 0.2) is 54.9 Å². The van der Waals surface area contributed by atoms with Crippen molar-refractivity contribution in [1.82, 2.24) is 24.8 Å². The van der Waals surface area contributed by atoms with E-state index in [0.717, 1.165) is 22.5 Å². The van der Waals surface area contributed by atoms with Crippen LogP contribution in [-0.2, 0) is 11.3 Å². The summed E-state index contributed by atoms with van der Waals surface area (Å²) in [5.41, 5.74) is 4.79. The zero-order valence-corrected chi connectivity index (χ0v) is 17.3. The number of aromatic nitrogens is 4. The van der Waals surface area contributed by atoms with Crippen LogP contribution in [0.2, 0.25) is 0 Å². The van der Waals surface area contributed by atoms with Crippen LogP contribution < -0.4 is 5.32 Å². The van der Waals surface area contributed by atoms with Gasteiger partial charge in [0.15, 0.2) is 0 Å². The van der Waals surface area contributed by atoms with Gasteiger partial charge in [-0.1, -0.05) is 0 Å². The van der Waals surface area contributed by atoms with E-state index < -0.39 is 17.9 Å². The number of H-pyrrole nitrogens is 1. The normalized spacial score (nSPS) is 12.1. The fourth-order valence-electron chi connectivity index (χ4n) is 3.61. The van der Waals surface area contributed by atoms with Crippen molar-refractivity contribution in [2.24, 2.45) is 0 Å². The van der Waals surface area contributed by atoms with E-state index in [-0.39, 0.29) is 6.42 Å². The second-order valence-electron chi connectivity index (χ2n) is 7.47. The summed E-state index contributed by atoms with van der Waals surface area (Å²) in [6, 6.07) is 11.8. The Labute approximate surface area is 179 Å². The molecule has 0 aliphatic carbocycles. The topological polar surface area (TPSA) is 113 Å². The van der Waals surface area contributed by atoms with E-state index >= 15 is 0 Å². The molecule has 3 heterocycles. The predicted molar refractivity (Wildman–Crippen MR) is 117 cm³/mol. The molecular weight excluding hydrogens is 394 g/mol. The average Bonchev–Trinajstić information content (AvgIpc) is 3.34. The molecule has 3 aromatic heterocycles. The van der Waals surface area contributed by atoms with Crippen molar-refractivity contribution in [3.63, 3.8) is 0 Å². The van der Waals surface area contributed by atoms with Gasteiger partial charge in [0.1, 0.15) is 11.9 Å². The highest BCUT2D eigenvalue weighted by molar-refractivity contribution is 5.99. The number of carbonyl (C=O) groups is 2. The minimum absolute atomic E-state index is 0.288. The van der Waals surface area contributed by atoms with Gasteiger partial charge in [-0.05, 0) is 62.7 Å². The quantitative estimate of drug-likeness (QED) is 0.427. The lowest BCUT2D eigenvalue weighted by atomic mass is 10.1. The SMILES string of the molecule is Cc1ccc(C)n1CCC(NC(=O)c1ccc2nc(-c3ccncc3)[nH]c2c1)C(=O)O. The van der Waals surface area contributed by atoms with Crippen LogP contribution >= 0.6 is 0 Å². The molecule has 0 aliphatic heterocycles. The van der Waals surface area contributed by atoms with Crippen molar-refractivity contribution < 1.29 is 14.7 Å². The molecular formula is C23H23N5O3. The van der Waals surface area contributed by atoms with Gasteiger partial charge >= 0.3 is 5.97 Å². The number of carboxylic acid groups (broad SMARTS) is 1. The van der Waals surface area contributed by atoms with E-state index in [2.05, 4.69) is 20.3 Å². The third kappa shape index (κ3) is 4.32. The van der Waals surface area contributed by atoms with Crippen molar-refractivity contribution in [3.8, 4) is 11.4 Å². The Balaban J connectivity index is 1.50. The number of rotatable bonds is 7. The molecule has 8 heteroatoms. The Kier molecular flexibility index (Phi) is 5.53. The smallest absolute Gasteiger partial charge is 0.326 e. The molecule has 1 unspecified atom stereocenters. The average molecular weight is 417 g/mol. The second-order valence-corrected chi connectivity index (χ2v) is 7.47. The summed E-state index contributed by atoms with van der Waals surface area (Å²) < 4.78 is 2.04. The van der Waals surface area contributed by atoms with E-state index in [1.54, 1.807) is 30.6 Å². The summed E-state index contributed by atoms with van der Waals surface area (Å²) in [5, 5.41) is 12.2. The molecule has 1 amide bonds. The summed E-state index contributed by atoms with van der Waals surface area (Å²) >= 11 is 0. The predicted octanol–water partition coefficient (Wildman–Crippen LogP) is 3.32. The molecule has 0 aliphatic rings.